The number of benzene rings is 1. The molecule has 0 bridgehead atoms. The van der Waals surface area contributed by atoms with E-state index in [1.54, 1.807) is 12.1 Å². The van der Waals surface area contributed by atoms with Crippen LogP contribution < -0.4 is 4.74 Å². The lowest BCUT2D eigenvalue weighted by atomic mass is 10.1. The summed E-state index contributed by atoms with van der Waals surface area (Å²) in [6.45, 7) is 3.33. The van der Waals surface area contributed by atoms with Crippen LogP contribution in [0.3, 0.4) is 0 Å². The predicted octanol–water partition coefficient (Wildman–Crippen LogP) is 2.37. The van der Waals surface area contributed by atoms with Gasteiger partial charge in [-0.15, -0.1) is 10.2 Å². The van der Waals surface area contributed by atoms with Crippen molar-refractivity contribution in [1.82, 2.24) is 14.8 Å². The van der Waals surface area contributed by atoms with Crippen molar-refractivity contribution in [3.8, 4) is 11.8 Å². The summed E-state index contributed by atoms with van der Waals surface area (Å²) in [5, 5.41) is 17.3. The summed E-state index contributed by atoms with van der Waals surface area (Å²) in [7, 11) is 0. The Kier molecular flexibility index (Phi) is 3.38. The lowest BCUT2D eigenvalue weighted by Crippen LogP contribution is -2.14. The molecule has 0 saturated carbocycles. The van der Waals surface area contributed by atoms with Crippen LogP contribution >= 0.6 is 0 Å². The number of nitrogens with zero attached hydrogens (tertiary/aromatic N) is 4. The maximum atomic E-state index is 8.93. The Hall–Kier alpha value is -2.35. The largest absolute Gasteiger partial charge is 0.485 e. The summed E-state index contributed by atoms with van der Waals surface area (Å²) in [4.78, 5) is 0. The molecule has 2 aromatic rings. The highest BCUT2D eigenvalue weighted by Gasteiger charge is 2.16. The maximum absolute atomic E-state index is 8.93. The van der Waals surface area contributed by atoms with Crippen LogP contribution in [0.25, 0.3) is 0 Å². The van der Waals surface area contributed by atoms with E-state index >= 15 is 0 Å². The Morgan fingerprint density at radius 3 is 3.10 bits per heavy atom. The fraction of sp³-hybridized carbons (Fsp3) is 0.400. The summed E-state index contributed by atoms with van der Waals surface area (Å²) in [5.74, 6) is 2.65. The number of fused-ring (bicyclic) bond motifs is 1. The van der Waals surface area contributed by atoms with Gasteiger partial charge in [-0.3, -0.25) is 0 Å². The van der Waals surface area contributed by atoms with Gasteiger partial charge in [0.15, 0.2) is 5.82 Å². The number of aryl methyl sites for hydroxylation is 2. The molecule has 102 valence electrons. The quantitative estimate of drug-likeness (QED) is 0.857. The highest BCUT2D eigenvalue weighted by atomic mass is 16.5. The van der Waals surface area contributed by atoms with E-state index in [1.165, 1.54) is 12.8 Å². The van der Waals surface area contributed by atoms with Crippen molar-refractivity contribution in [2.75, 3.05) is 0 Å². The van der Waals surface area contributed by atoms with Gasteiger partial charge in [0.1, 0.15) is 18.2 Å². The van der Waals surface area contributed by atoms with Crippen LogP contribution in [0.5, 0.6) is 5.75 Å². The lowest BCUT2D eigenvalue weighted by molar-refractivity contribution is 0.284. The van der Waals surface area contributed by atoms with Gasteiger partial charge in [0.2, 0.25) is 0 Å². The highest BCUT2D eigenvalue weighted by molar-refractivity contribution is 5.41. The van der Waals surface area contributed by atoms with Crippen LogP contribution in [0, 0.1) is 18.3 Å². The number of nitriles is 1. The van der Waals surface area contributed by atoms with Gasteiger partial charge in [-0.05, 0) is 37.5 Å². The molecule has 1 aromatic heterocycles. The number of rotatable bonds is 3. The first kappa shape index (κ1) is 12.7. The van der Waals surface area contributed by atoms with Gasteiger partial charge in [-0.25, -0.2) is 0 Å². The second-order valence-electron chi connectivity index (χ2n) is 5.02. The van der Waals surface area contributed by atoms with Crippen LogP contribution in [0.2, 0.25) is 0 Å². The van der Waals surface area contributed by atoms with Crippen molar-refractivity contribution in [2.45, 2.75) is 39.3 Å². The molecule has 1 aromatic carbocycles. The molecule has 20 heavy (non-hydrogen) atoms. The van der Waals surface area contributed by atoms with E-state index in [0.717, 1.165) is 35.9 Å². The summed E-state index contributed by atoms with van der Waals surface area (Å²) in [6.07, 6.45) is 3.35. The second kappa shape index (κ2) is 5.33. The molecule has 0 spiro atoms. The van der Waals surface area contributed by atoms with E-state index < -0.39 is 0 Å². The van der Waals surface area contributed by atoms with E-state index in [2.05, 4.69) is 20.8 Å². The van der Waals surface area contributed by atoms with Gasteiger partial charge in [0.25, 0.3) is 0 Å². The van der Waals surface area contributed by atoms with E-state index in [4.69, 9.17) is 10.00 Å². The SMILES string of the molecule is Cc1ccc(C#N)cc1OCc1nnc2n1CCCC2. The molecule has 5 nitrogen and oxygen atoms in total. The third-order valence-corrected chi connectivity index (χ3v) is 3.61. The van der Waals surface area contributed by atoms with Crippen LogP contribution in [0.1, 0.15) is 35.6 Å². The molecule has 1 aliphatic rings. The number of hydrogen-bond acceptors (Lipinski definition) is 4. The molecule has 1 aliphatic heterocycles. The maximum Gasteiger partial charge on any atom is 0.171 e. The van der Waals surface area contributed by atoms with E-state index in [9.17, 15) is 0 Å². The average molecular weight is 268 g/mol. The van der Waals surface area contributed by atoms with E-state index in [1.807, 2.05) is 13.0 Å². The number of hydrogen-bond donors (Lipinski definition) is 0. The lowest BCUT2D eigenvalue weighted by Gasteiger charge is -2.15. The van der Waals surface area contributed by atoms with Crippen LogP contribution in [0.4, 0.5) is 0 Å². The van der Waals surface area contributed by atoms with E-state index in [0.29, 0.717) is 12.2 Å². The van der Waals surface area contributed by atoms with Crippen molar-refractivity contribution in [1.29, 1.82) is 5.26 Å². The second-order valence-corrected chi connectivity index (χ2v) is 5.02. The molecule has 0 fully saturated rings. The van der Waals surface area contributed by atoms with Crippen molar-refractivity contribution in [2.24, 2.45) is 0 Å². The van der Waals surface area contributed by atoms with Gasteiger partial charge in [-0.1, -0.05) is 6.07 Å². The van der Waals surface area contributed by atoms with Gasteiger partial charge < -0.3 is 9.30 Å². The Labute approximate surface area is 117 Å². The molecular formula is C15H16N4O. The fourth-order valence-corrected chi connectivity index (χ4v) is 2.44. The third-order valence-electron chi connectivity index (χ3n) is 3.61. The third kappa shape index (κ3) is 2.37. The average Bonchev–Trinajstić information content (AvgIpc) is 2.90. The molecule has 0 radical (unpaired) electrons. The van der Waals surface area contributed by atoms with Gasteiger partial charge in [-0.2, -0.15) is 5.26 Å². The van der Waals surface area contributed by atoms with Crippen LogP contribution in [-0.2, 0) is 19.6 Å². The van der Waals surface area contributed by atoms with Gasteiger partial charge in [0.05, 0.1) is 11.6 Å². The first-order valence-electron chi connectivity index (χ1n) is 6.82. The van der Waals surface area contributed by atoms with Crippen molar-refractivity contribution in [3.05, 3.63) is 41.0 Å². The van der Waals surface area contributed by atoms with Crippen LogP contribution in [0.15, 0.2) is 18.2 Å². The smallest absolute Gasteiger partial charge is 0.171 e. The first-order chi connectivity index (χ1) is 9.78. The Balaban J connectivity index is 1.77. The minimum atomic E-state index is 0.392. The molecule has 0 aliphatic carbocycles. The minimum absolute atomic E-state index is 0.392. The monoisotopic (exact) mass is 268 g/mol. The Morgan fingerprint density at radius 1 is 1.35 bits per heavy atom. The standard InChI is InChI=1S/C15H16N4O/c1-11-5-6-12(9-16)8-13(11)20-10-15-18-17-14-4-2-3-7-19(14)15/h5-6,8H,2-4,7,10H2,1H3. The van der Waals surface area contributed by atoms with Crippen molar-refractivity contribution >= 4 is 0 Å². The predicted molar refractivity (Wildman–Crippen MR) is 73.2 cm³/mol. The normalized spacial score (nSPS) is 13.6. The number of aromatic nitrogens is 3. The molecule has 0 atom stereocenters. The zero-order valence-electron chi connectivity index (χ0n) is 11.5. The summed E-state index contributed by atoms with van der Waals surface area (Å²) < 4.78 is 7.96. The summed E-state index contributed by atoms with van der Waals surface area (Å²) in [6, 6.07) is 7.58. The molecule has 5 heteroatoms. The van der Waals surface area contributed by atoms with Crippen LogP contribution in [-0.4, -0.2) is 14.8 Å². The summed E-state index contributed by atoms with van der Waals surface area (Å²) in [5.41, 5.74) is 1.62. The Bertz CT molecular complexity index is 669. The fourth-order valence-electron chi connectivity index (χ4n) is 2.44. The van der Waals surface area contributed by atoms with E-state index in [-0.39, 0.29) is 0 Å². The van der Waals surface area contributed by atoms with Crippen molar-refractivity contribution in [3.63, 3.8) is 0 Å². The topological polar surface area (TPSA) is 63.7 Å². The molecule has 0 N–H and O–H groups in total. The molecule has 0 amide bonds. The molecule has 2 heterocycles. The Morgan fingerprint density at radius 2 is 2.25 bits per heavy atom. The zero-order chi connectivity index (χ0) is 13.9. The molecule has 0 unspecified atom stereocenters. The van der Waals surface area contributed by atoms with Gasteiger partial charge >= 0.3 is 0 Å². The molecular weight excluding hydrogens is 252 g/mol. The summed E-state index contributed by atoms with van der Waals surface area (Å²) >= 11 is 0. The zero-order valence-corrected chi connectivity index (χ0v) is 11.5. The first-order valence-corrected chi connectivity index (χ1v) is 6.82. The van der Waals surface area contributed by atoms with Crippen molar-refractivity contribution < 1.29 is 4.74 Å². The molecule has 3 rings (SSSR count). The highest BCUT2D eigenvalue weighted by Crippen LogP contribution is 2.21. The van der Waals surface area contributed by atoms with Gasteiger partial charge in [0, 0.05) is 13.0 Å². The molecule has 0 saturated heterocycles. The minimum Gasteiger partial charge on any atom is -0.485 e. The number of ether oxygens (including phenoxy) is 1.